The maximum absolute atomic E-state index is 11.7. The number of amides is 1. The van der Waals surface area contributed by atoms with Gasteiger partial charge in [0.2, 0.25) is 0 Å². The van der Waals surface area contributed by atoms with Crippen molar-refractivity contribution in [3.63, 3.8) is 0 Å². The molecule has 0 aromatic heterocycles. The number of benzene rings is 1. The lowest BCUT2D eigenvalue weighted by Crippen LogP contribution is -2.27. The Morgan fingerprint density at radius 2 is 1.82 bits per heavy atom. The number of carbonyl (C=O) groups excluding carboxylic acids is 1. The van der Waals surface area contributed by atoms with Crippen LogP contribution in [0.5, 0.6) is 0 Å². The Morgan fingerprint density at radius 1 is 1.24 bits per heavy atom. The van der Waals surface area contributed by atoms with E-state index in [0.29, 0.717) is 0 Å². The molecule has 0 aliphatic heterocycles. The van der Waals surface area contributed by atoms with Crippen LogP contribution >= 0.6 is 0 Å². The number of rotatable bonds is 2. The smallest absolute Gasteiger partial charge is 0.412 e. The number of anilines is 2. The van der Waals surface area contributed by atoms with Crippen LogP contribution < -0.4 is 10.2 Å². The molecule has 1 aromatic rings. The molecule has 0 saturated heterocycles. The molecule has 0 unspecified atom stereocenters. The highest BCUT2D eigenvalue weighted by atomic mass is 16.6. The topological polar surface area (TPSA) is 41.6 Å². The summed E-state index contributed by atoms with van der Waals surface area (Å²) in [6.07, 6.45) is -0.438. The standard InChI is InChI=1S/C13H20N2O2/c1-13(2,3)17-12(16)14-10-8-6-7-9-11(10)15(4)5/h6-9H,1-5H3,(H,14,16). The van der Waals surface area contributed by atoms with Crippen LogP contribution in [0.2, 0.25) is 0 Å². The SMILES string of the molecule is CN(C)c1ccccc1NC(=O)OC(C)(C)C. The molecule has 17 heavy (non-hydrogen) atoms. The first kappa shape index (κ1) is 13.4. The predicted molar refractivity (Wildman–Crippen MR) is 70.6 cm³/mol. The molecule has 1 amide bonds. The zero-order valence-electron chi connectivity index (χ0n) is 11.1. The van der Waals surface area contributed by atoms with E-state index in [1.807, 2.05) is 64.0 Å². The predicted octanol–water partition coefficient (Wildman–Crippen LogP) is 3.10. The lowest BCUT2D eigenvalue weighted by molar-refractivity contribution is 0.0636. The molecule has 94 valence electrons. The van der Waals surface area contributed by atoms with Gasteiger partial charge in [-0.25, -0.2) is 4.79 Å². The third-order valence-electron chi connectivity index (χ3n) is 2.02. The van der Waals surface area contributed by atoms with Crippen molar-refractivity contribution >= 4 is 17.5 Å². The number of ether oxygens (including phenoxy) is 1. The second-order valence-electron chi connectivity index (χ2n) is 5.04. The summed E-state index contributed by atoms with van der Waals surface area (Å²) >= 11 is 0. The number of nitrogens with one attached hydrogen (secondary N) is 1. The van der Waals surface area contributed by atoms with Crippen LogP contribution in [0, 0.1) is 0 Å². The van der Waals surface area contributed by atoms with E-state index in [1.165, 1.54) is 0 Å². The first-order chi connectivity index (χ1) is 7.79. The lowest BCUT2D eigenvalue weighted by atomic mass is 10.2. The fourth-order valence-electron chi connectivity index (χ4n) is 1.38. The Morgan fingerprint density at radius 3 is 2.35 bits per heavy atom. The van der Waals surface area contributed by atoms with Crippen LogP contribution in [-0.2, 0) is 4.74 Å². The molecule has 4 heteroatoms. The van der Waals surface area contributed by atoms with Crippen molar-refractivity contribution in [3.8, 4) is 0 Å². The van der Waals surface area contributed by atoms with E-state index >= 15 is 0 Å². The number of nitrogens with zero attached hydrogens (tertiary/aromatic N) is 1. The summed E-state index contributed by atoms with van der Waals surface area (Å²) in [6, 6.07) is 7.58. The molecule has 1 N–H and O–H groups in total. The van der Waals surface area contributed by atoms with Crippen molar-refractivity contribution in [2.75, 3.05) is 24.3 Å². The van der Waals surface area contributed by atoms with Gasteiger partial charge in [0.05, 0.1) is 11.4 Å². The van der Waals surface area contributed by atoms with Gasteiger partial charge in [0, 0.05) is 14.1 Å². The molecule has 0 heterocycles. The number of hydrogen-bond acceptors (Lipinski definition) is 3. The molecule has 0 aliphatic rings. The highest BCUT2D eigenvalue weighted by Crippen LogP contribution is 2.24. The zero-order chi connectivity index (χ0) is 13.1. The van der Waals surface area contributed by atoms with E-state index in [-0.39, 0.29) is 0 Å². The number of carbonyl (C=O) groups is 1. The molecule has 0 saturated carbocycles. The summed E-state index contributed by atoms with van der Waals surface area (Å²) in [5.41, 5.74) is 1.20. The van der Waals surface area contributed by atoms with E-state index in [4.69, 9.17) is 4.74 Å². The molecule has 0 bridgehead atoms. The molecule has 0 fully saturated rings. The Labute approximate surface area is 103 Å². The second-order valence-corrected chi connectivity index (χ2v) is 5.04. The maximum atomic E-state index is 11.7. The quantitative estimate of drug-likeness (QED) is 0.857. The van der Waals surface area contributed by atoms with Gasteiger partial charge in [0.1, 0.15) is 5.60 Å². The largest absolute Gasteiger partial charge is 0.444 e. The van der Waals surface area contributed by atoms with Crippen LogP contribution in [0.4, 0.5) is 16.2 Å². The molecule has 0 radical (unpaired) electrons. The van der Waals surface area contributed by atoms with Crippen LogP contribution in [0.3, 0.4) is 0 Å². The molecular weight excluding hydrogens is 216 g/mol. The molecule has 1 aromatic carbocycles. The van der Waals surface area contributed by atoms with Gasteiger partial charge in [0.25, 0.3) is 0 Å². The van der Waals surface area contributed by atoms with Crippen LogP contribution in [0.1, 0.15) is 20.8 Å². The maximum Gasteiger partial charge on any atom is 0.412 e. The summed E-state index contributed by atoms with van der Waals surface area (Å²) in [4.78, 5) is 13.6. The fraction of sp³-hybridized carbons (Fsp3) is 0.462. The van der Waals surface area contributed by atoms with Gasteiger partial charge in [-0.05, 0) is 32.9 Å². The van der Waals surface area contributed by atoms with Crippen molar-refractivity contribution in [1.82, 2.24) is 0 Å². The van der Waals surface area contributed by atoms with Crippen molar-refractivity contribution < 1.29 is 9.53 Å². The molecular formula is C13H20N2O2. The summed E-state index contributed by atoms with van der Waals surface area (Å²) in [5.74, 6) is 0. The van der Waals surface area contributed by atoms with Crippen molar-refractivity contribution in [2.45, 2.75) is 26.4 Å². The third kappa shape index (κ3) is 4.34. The summed E-state index contributed by atoms with van der Waals surface area (Å²) < 4.78 is 5.21. The molecule has 1 rings (SSSR count). The first-order valence-electron chi connectivity index (χ1n) is 5.56. The van der Waals surface area contributed by atoms with E-state index < -0.39 is 11.7 Å². The van der Waals surface area contributed by atoms with Gasteiger partial charge in [0.15, 0.2) is 0 Å². The fourth-order valence-corrected chi connectivity index (χ4v) is 1.38. The van der Waals surface area contributed by atoms with Crippen molar-refractivity contribution in [1.29, 1.82) is 0 Å². The van der Waals surface area contributed by atoms with Crippen molar-refractivity contribution in [2.24, 2.45) is 0 Å². The second kappa shape index (κ2) is 5.08. The van der Waals surface area contributed by atoms with Gasteiger partial charge in [-0.15, -0.1) is 0 Å². The molecule has 0 atom stereocenters. The Hall–Kier alpha value is -1.71. The van der Waals surface area contributed by atoms with E-state index in [0.717, 1.165) is 11.4 Å². The Kier molecular flexibility index (Phi) is 3.99. The van der Waals surface area contributed by atoms with Gasteiger partial charge >= 0.3 is 6.09 Å². The minimum atomic E-state index is -0.489. The normalized spacial score (nSPS) is 10.9. The minimum Gasteiger partial charge on any atom is -0.444 e. The molecule has 4 nitrogen and oxygen atoms in total. The van der Waals surface area contributed by atoms with E-state index in [2.05, 4.69) is 5.32 Å². The highest BCUT2D eigenvalue weighted by molar-refractivity contribution is 5.89. The monoisotopic (exact) mass is 236 g/mol. The lowest BCUT2D eigenvalue weighted by Gasteiger charge is -2.22. The average Bonchev–Trinajstić information content (AvgIpc) is 2.14. The number of para-hydroxylation sites is 2. The van der Waals surface area contributed by atoms with Gasteiger partial charge in [-0.1, -0.05) is 12.1 Å². The van der Waals surface area contributed by atoms with Gasteiger partial charge in [-0.2, -0.15) is 0 Å². The van der Waals surface area contributed by atoms with Gasteiger partial charge < -0.3 is 9.64 Å². The van der Waals surface area contributed by atoms with E-state index in [9.17, 15) is 4.79 Å². The van der Waals surface area contributed by atoms with Crippen LogP contribution in [0.15, 0.2) is 24.3 Å². The van der Waals surface area contributed by atoms with Crippen LogP contribution in [-0.4, -0.2) is 25.8 Å². The summed E-state index contributed by atoms with van der Waals surface area (Å²) in [7, 11) is 3.85. The Balaban J connectivity index is 2.78. The summed E-state index contributed by atoms with van der Waals surface area (Å²) in [5, 5.41) is 2.75. The highest BCUT2D eigenvalue weighted by Gasteiger charge is 2.17. The average molecular weight is 236 g/mol. The Bertz CT molecular complexity index is 395. The van der Waals surface area contributed by atoms with Gasteiger partial charge in [-0.3, -0.25) is 5.32 Å². The number of hydrogen-bond donors (Lipinski definition) is 1. The minimum absolute atomic E-state index is 0.438. The van der Waals surface area contributed by atoms with E-state index in [1.54, 1.807) is 0 Å². The third-order valence-corrected chi connectivity index (χ3v) is 2.02. The molecule has 0 spiro atoms. The molecule has 0 aliphatic carbocycles. The zero-order valence-corrected chi connectivity index (χ0v) is 11.1. The van der Waals surface area contributed by atoms with Crippen molar-refractivity contribution in [3.05, 3.63) is 24.3 Å². The first-order valence-corrected chi connectivity index (χ1v) is 5.56. The summed E-state index contributed by atoms with van der Waals surface area (Å²) in [6.45, 7) is 5.51. The van der Waals surface area contributed by atoms with Crippen LogP contribution in [0.25, 0.3) is 0 Å².